The molecule has 0 saturated heterocycles. The maximum absolute atomic E-state index is 12.9. The fourth-order valence-electron chi connectivity index (χ4n) is 2.75. The van der Waals surface area contributed by atoms with Crippen LogP contribution in [0.25, 0.3) is 10.6 Å². The molecule has 0 aliphatic carbocycles. The summed E-state index contributed by atoms with van der Waals surface area (Å²) >= 11 is 1.49. The van der Waals surface area contributed by atoms with Crippen molar-refractivity contribution in [1.29, 1.82) is 0 Å². The fourth-order valence-corrected chi connectivity index (χ4v) is 3.44. The predicted octanol–water partition coefficient (Wildman–Crippen LogP) is 4.42. The number of carbonyl (C=O) groups is 1. The van der Waals surface area contributed by atoms with Crippen molar-refractivity contribution in [3.05, 3.63) is 63.8 Å². The van der Waals surface area contributed by atoms with Crippen LogP contribution in [0.5, 0.6) is 5.75 Å². The standard InChI is InChI=1S/C20H18F3N3O3S/c1-29-16-8-6-13(20(21,22)23)12-15(16)24-18(27)5-2-10-26-19(28)9-7-14(25-26)17-4-3-11-30-17/h3-4,6-9,11-12H,2,5,10H2,1H3,(H,24,27). The van der Waals surface area contributed by atoms with Crippen LogP contribution in [0.15, 0.2) is 52.6 Å². The Morgan fingerprint density at radius 1 is 1.23 bits per heavy atom. The van der Waals surface area contributed by atoms with Gasteiger partial charge in [-0.2, -0.15) is 18.3 Å². The Morgan fingerprint density at radius 2 is 2.03 bits per heavy atom. The molecule has 3 rings (SSSR count). The first-order valence-electron chi connectivity index (χ1n) is 8.95. The van der Waals surface area contributed by atoms with E-state index in [-0.39, 0.29) is 36.4 Å². The van der Waals surface area contributed by atoms with Crippen molar-refractivity contribution in [3.8, 4) is 16.3 Å². The molecule has 0 bridgehead atoms. The van der Waals surface area contributed by atoms with Gasteiger partial charge in [0, 0.05) is 19.0 Å². The first kappa shape index (κ1) is 21.6. The minimum Gasteiger partial charge on any atom is -0.495 e. The maximum atomic E-state index is 12.9. The molecule has 1 aromatic carbocycles. The number of carbonyl (C=O) groups excluding carboxylic acids is 1. The van der Waals surface area contributed by atoms with Gasteiger partial charge in [0.2, 0.25) is 5.91 Å². The quantitative estimate of drug-likeness (QED) is 0.594. The van der Waals surface area contributed by atoms with Crippen molar-refractivity contribution < 1.29 is 22.7 Å². The number of hydrogen-bond acceptors (Lipinski definition) is 5. The van der Waals surface area contributed by atoms with Gasteiger partial charge in [0.05, 0.1) is 23.2 Å². The van der Waals surface area contributed by atoms with Crippen LogP contribution in [0.4, 0.5) is 18.9 Å². The highest BCUT2D eigenvalue weighted by atomic mass is 32.1. The van der Waals surface area contributed by atoms with Gasteiger partial charge >= 0.3 is 6.18 Å². The molecule has 0 aliphatic rings. The molecule has 1 amide bonds. The predicted molar refractivity (Wildman–Crippen MR) is 108 cm³/mol. The Bertz CT molecular complexity index is 1080. The lowest BCUT2D eigenvalue weighted by Gasteiger charge is -2.13. The van der Waals surface area contributed by atoms with Crippen LogP contribution in [0.3, 0.4) is 0 Å². The molecule has 158 valence electrons. The molecule has 0 unspecified atom stereocenters. The normalized spacial score (nSPS) is 11.3. The van der Waals surface area contributed by atoms with E-state index in [1.165, 1.54) is 29.2 Å². The molecular formula is C20H18F3N3O3S. The van der Waals surface area contributed by atoms with Crippen LogP contribution >= 0.6 is 11.3 Å². The van der Waals surface area contributed by atoms with E-state index in [1.54, 1.807) is 6.07 Å². The lowest BCUT2D eigenvalue weighted by atomic mass is 10.1. The van der Waals surface area contributed by atoms with E-state index in [4.69, 9.17) is 4.74 Å². The molecule has 0 spiro atoms. The third-order valence-electron chi connectivity index (χ3n) is 4.21. The first-order chi connectivity index (χ1) is 14.3. The Labute approximate surface area is 173 Å². The SMILES string of the molecule is COc1ccc(C(F)(F)F)cc1NC(=O)CCCn1nc(-c2cccs2)ccc1=O. The Morgan fingerprint density at radius 3 is 2.70 bits per heavy atom. The summed E-state index contributed by atoms with van der Waals surface area (Å²) in [5.74, 6) is -0.368. The van der Waals surface area contributed by atoms with Gasteiger partial charge in [-0.05, 0) is 42.1 Å². The maximum Gasteiger partial charge on any atom is 0.416 e. The van der Waals surface area contributed by atoms with Crippen molar-refractivity contribution in [2.24, 2.45) is 0 Å². The van der Waals surface area contributed by atoms with Crippen molar-refractivity contribution in [2.45, 2.75) is 25.6 Å². The van der Waals surface area contributed by atoms with Crippen molar-refractivity contribution in [2.75, 3.05) is 12.4 Å². The molecule has 2 aromatic heterocycles. The minimum atomic E-state index is -4.54. The van der Waals surface area contributed by atoms with Crippen LogP contribution in [-0.2, 0) is 17.5 Å². The highest BCUT2D eigenvalue weighted by molar-refractivity contribution is 7.13. The highest BCUT2D eigenvalue weighted by Crippen LogP contribution is 2.35. The summed E-state index contributed by atoms with van der Waals surface area (Å²) in [6, 6.07) is 9.67. The summed E-state index contributed by atoms with van der Waals surface area (Å²) in [7, 11) is 1.30. The number of ether oxygens (including phenoxy) is 1. The molecular weight excluding hydrogens is 419 g/mol. The molecule has 10 heteroatoms. The van der Waals surface area contributed by atoms with Gasteiger partial charge in [-0.15, -0.1) is 11.3 Å². The summed E-state index contributed by atoms with van der Waals surface area (Å²) in [5, 5.41) is 8.64. The van der Waals surface area contributed by atoms with Gasteiger partial charge in [-0.25, -0.2) is 4.68 Å². The number of halogens is 3. The second-order valence-corrected chi connectivity index (χ2v) is 7.27. The zero-order valence-electron chi connectivity index (χ0n) is 15.9. The molecule has 1 N–H and O–H groups in total. The van der Waals surface area contributed by atoms with Gasteiger partial charge in [-0.3, -0.25) is 9.59 Å². The van der Waals surface area contributed by atoms with Gasteiger partial charge in [0.15, 0.2) is 0 Å². The molecule has 0 aliphatic heterocycles. The topological polar surface area (TPSA) is 73.2 Å². The van der Waals surface area contributed by atoms with Crippen LogP contribution in [0.2, 0.25) is 0 Å². The monoisotopic (exact) mass is 437 g/mol. The summed E-state index contributed by atoms with van der Waals surface area (Å²) in [6.45, 7) is 0.200. The molecule has 0 saturated carbocycles. The summed E-state index contributed by atoms with van der Waals surface area (Å²) < 4.78 is 45.0. The van der Waals surface area contributed by atoms with E-state index in [1.807, 2.05) is 17.5 Å². The molecule has 0 fully saturated rings. The number of alkyl halides is 3. The molecule has 30 heavy (non-hydrogen) atoms. The lowest BCUT2D eigenvalue weighted by molar-refractivity contribution is -0.137. The first-order valence-corrected chi connectivity index (χ1v) is 9.83. The molecule has 0 radical (unpaired) electrons. The fraction of sp³-hybridized carbons (Fsp3) is 0.250. The average Bonchev–Trinajstić information content (AvgIpc) is 3.23. The van der Waals surface area contributed by atoms with E-state index in [0.717, 1.165) is 23.1 Å². The number of anilines is 1. The number of nitrogens with zero attached hydrogens (tertiary/aromatic N) is 2. The number of aryl methyl sites for hydroxylation is 1. The van der Waals surface area contributed by atoms with Crippen LogP contribution < -0.4 is 15.6 Å². The Balaban J connectivity index is 1.63. The number of nitrogens with one attached hydrogen (secondary N) is 1. The largest absolute Gasteiger partial charge is 0.495 e. The third kappa shape index (κ3) is 5.26. The van der Waals surface area contributed by atoms with E-state index >= 15 is 0 Å². The highest BCUT2D eigenvalue weighted by Gasteiger charge is 2.31. The van der Waals surface area contributed by atoms with E-state index in [0.29, 0.717) is 5.69 Å². The summed E-state index contributed by atoms with van der Waals surface area (Å²) in [6.07, 6.45) is -4.25. The number of methoxy groups -OCH3 is 1. The van der Waals surface area contributed by atoms with E-state index < -0.39 is 17.6 Å². The smallest absolute Gasteiger partial charge is 0.416 e. The van der Waals surface area contributed by atoms with E-state index in [2.05, 4.69) is 10.4 Å². The second-order valence-electron chi connectivity index (χ2n) is 6.32. The number of benzene rings is 1. The lowest BCUT2D eigenvalue weighted by Crippen LogP contribution is -2.23. The Kier molecular flexibility index (Phi) is 6.56. The number of hydrogen-bond donors (Lipinski definition) is 1. The minimum absolute atomic E-state index is 0.00322. The summed E-state index contributed by atoms with van der Waals surface area (Å²) in [4.78, 5) is 25.1. The van der Waals surface area contributed by atoms with Crippen molar-refractivity contribution in [3.63, 3.8) is 0 Å². The number of amides is 1. The van der Waals surface area contributed by atoms with Crippen LogP contribution in [-0.4, -0.2) is 22.8 Å². The van der Waals surface area contributed by atoms with Gasteiger partial charge in [0.25, 0.3) is 5.56 Å². The van der Waals surface area contributed by atoms with Crippen molar-refractivity contribution in [1.82, 2.24) is 9.78 Å². The van der Waals surface area contributed by atoms with Crippen molar-refractivity contribution >= 4 is 22.9 Å². The zero-order chi connectivity index (χ0) is 21.7. The summed E-state index contributed by atoms with van der Waals surface area (Å²) in [5.41, 5.74) is -0.593. The van der Waals surface area contributed by atoms with Crippen LogP contribution in [0.1, 0.15) is 18.4 Å². The van der Waals surface area contributed by atoms with Gasteiger partial charge in [0.1, 0.15) is 11.4 Å². The number of rotatable bonds is 7. The van der Waals surface area contributed by atoms with E-state index in [9.17, 15) is 22.8 Å². The van der Waals surface area contributed by atoms with Crippen LogP contribution in [0, 0.1) is 0 Å². The zero-order valence-corrected chi connectivity index (χ0v) is 16.7. The van der Waals surface area contributed by atoms with Gasteiger partial charge in [-0.1, -0.05) is 6.07 Å². The Hall–Kier alpha value is -3.14. The number of thiophene rings is 1. The number of aromatic nitrogens is 2. The molecule has 2 heterocycles. The molecule has 0 atom stereocenters. The third-order valence-corrected chi connectivity index (χ3v) is 5.11. The second kappa shape index (κ2) is 9.12. The average molecular weight is 437 g/mol. The molecule has 6 nitrogen and oxygen atoms in total. The van der Waals surface area contributed by atoms with Gasteiger partial charge < -0.3 is 10.1 Å². The molecule has 3 aromatic rings.